The quantitative estimate of drug-likeness (QED) is 0.859. The van der Waals surface area contributed by atoms with Crippen molar-refractivity contribution in [2.45, 2.75) is 51.7 Å². The van der Waals surface area contributed by atoms with Crippen molar-refractivity contribution in [3.63, 3.8) is 0 Å². The Balaban J connectivity index is 1.93. The molecule has 0 spiro atoms. The van der Waals surface area contributed by atoms with E-state index in [0.717, 1.165) is 25.9 Å². The monoisotopic (exact) mass is 292 g/mol. The zero-order chi connectivity index (χ0) is 15.0. The summed E-state index contributed by atoms with van der Waals surface area (Å²) in [4.78, 5) is 2.04. The van der Waals surface area contributed by atoms with E-state index in [9.17, 15) is 13.2 Å². The summed E-state index contributed by atoms with van der Waals surface area (Å²) in [6, 6.07) is 0.411. The van der Waals surface area contributed by atoms with Crippen LogP contribution in [0, 0.1) is 17.3 Å². The Morgan fingerprint density at radius 3 is 2.55 bits per heavy atom. The van der Waals surface area contributed by atoms with Crippen molar-refractivity contribution in [3.8, 4) is 0 Å². The molecule has 3 unspecified atom stereocenters. The molecule has 0 aromatic rings. The Bertz CT molecular complexity index is 328. The van der Waals surface area contributed by atoms with Crippen LogP contribution in [-0.2, 0) is 0 Å². The lowest BCUT2D eigenvalue weighted by Gasteiger charge is -2.37. The second kappa shape index (κ2) is 5.84. The predicted octanol–water partition coefficient (Wildman–Crippen LogP) is 3.28. The zero-order valence-electron chi connectivity index (χ0n) is 12.8. The highest BCUT2D eigenvalue weighted by atomic mass is 19.4. The van der Waals surface area contributed by atoms with Gasteiger partial charge in [0.15, 0.2) is 0 Å². The summed E-state index contributed by atoms with van der Waals surface area (Å²) in [7, 11) is 1.97. The van der Waals surface area contributed by atoms with Gasteiger partial charge < -0.3 is 10.2 Å². The number of halogens is 3. The predicted molar refractivity (Wildman–Crippen MR) is 74.6 cm³/mol. The number of hydrogen-bond donors (Lipinski definition) is 1. The molecule has 0 bridgehead atoms. The van der Waals surface area contributed by atoms with E-state index in [4.69, 9.17) is 0 Å². The van der Waals surface area contributed by atoms with E-state index in [1.807, 2.05) is 11.9 Å². The Morgan fingerprint density at radius 1 is 1.25 bits per heavy atom. The van der Waals surface area contributed by atoms with Crippen molar-refractivity contribution in [2.75, 3.05) is 26.7 Å². The van der Waals surface area contributed by atoms with Crippen LogP contribution in [0.4, 0.5) is 13.2 Å². The summed E-state index contributed by atoms with van der Waals surface area (Å²) < 4.78 is 38.6. The van der Waals surface area contributed by atoms with Gasteiger partial charge in [0, 0.05) is 19.1 Å². The van der Waals surface area contributed by atoms with Gasteiger partial charge in [-0.25, -0.2) is 0 Å². The second-order valence-corrected chi connectivity index (χ2v) is 7.19. The third-order valence-corrected chi connectivity index (χ3v) is 5.24. The largest absolute Gasteiger partial charge is 0.393 e. The molecule has 1 N–H and O–H groups in total. The summed E-state index contributed by atoms with van der Waals surface area (Å²) >= 11 is 0. The minimum absolute atomic E-state index is 0.191. The fourth-order valence-electron chi connectivity index (χ4n) is 4.16. The molecule has 2 fully saturated rings. The van der Waals surface area contributed by atoms with E-state index in [0.29, 0.717) is 24.8 Å². The van der Waals surface area contributed by atoms with Crippen molar-refractivity contribution in [1.82, 2.24) is 10.2 Å². The number of rotatable bonds is 3. The molecule has 0 aromatic heterocycles. The molecular formula is C15H27F3N2. The average molecular weight is 292 g/mol. The van der Waals surface area contributed by atoms with Crippen LogP contribution in [-0.4, -0.2) is 43.8 Å². The second-order valence-electron chi connectivity index (χ2n) is 7.19. The molecule has 2 nitrogen and oxygen atoms in total. The van der Waals surface area contributed by atoms with Crippen LogP contribution in [0.15, 0.2) is 0 Å². The summed E-state index contributed by atoms with van der Waals surface area (Å²) in [6.07, 6.45) is -0.794. The highest BCUT2D eigenvalue weighted by Gasteiger charge is 2.44. The van der Waals surface area contributed by atoms with E-state index >= 15 is 0 Å². The molecule has 5 heteroatoms. The maximum absolute atomic E-state index is 12.9. The minimum Gasteiger partial charge on any atom is -0.316 e. The normalized spacial score (nSPS) is 35.4. The smallest absolute Gasteiger partial charge is 0.316 e. The standard InChI is InChI=1S/C15H27F3N2/c1-14(2)7-6-11(13(14)19-3)9-20-8-4-5-12(10-20)15(16,17)18/h11-13,19H,4-10H2,1-3H3. The number of alkyl halides is 3. The number of nitrogens with zero attached hydrogens (tertiary/aromatic N) is 1. The summed E-state index contributed by atoms with van der Waals surface area (Å²) in [6.45, 7) is 6.32. The fourth-order valence-corrected chi connectivity index (χ4v) is 4.16. The molecule has 3 atom stereocenters. The topological polar surface area (TPSA) is 15.3 Å². The number of likely N-dealkylation sites (tertiary alicyclic amines) is 1. The molecule has 2 aliphatic rings. The van der Waals surface area contributed by atoms with Crippen LogP contribution in [0.2, 0.25) is 0 Å². The van der Waals surface area contributed by atoms with Gasteiger partial charge in [0.2, 0.25) is 0 Å². The third kappa shape index (κ3) is 3.48. The highest BCUT2D eigenvalue weighted by Crippen LogP contribution is 2.42. The molecule has 0 aromatic carbocycles. The molecule has 0 amide bonds. The molecule has 1 saturated heterocycles. The van der Waals surface area contributed by atoms with Gasteiger partial charge >= 0.3 is 6.18 Å². The first kappa shape index (κ1) is 16.1. The Kier molecular flexibility index (Phi) is 4.69. The highest BCUT2D eigenvalue weighted by molar-refractivity contribution is 4.97. The molecule has 1 aliphatic heterocycles. The van der Waals surface area contributed by atoms with Crippen LogP contribution in [0.25, 0.3) is 0 Å². The van der Waals surface area contributed by atoms with E-state index in [1.165, 1.54) is 0 Å². The van der Waals surface area contributed by atoms with Gasteiger partial charge in [-0.2, -0.15) is 13.2 Å². The molecular weight excluding hydrogens is 265 g/mol. The Labute approximate surface area is 120 Å². The molecule has 0 radical (unpaired) electrons. The van der Waals surface area contributed by atoms with E-state index in [-0.39, 0.29) is 12.0 Å². The Hall–Kier alpha value is -0.290. The van der Waals surface area contributed by atoms with Crippen molar-refractivity contribution in [3.05, 3.63) is 0 Å². The van der Waals surface area contributed by atoms with E-state index in [1.54, 1.807) is 0 Å². The molecule has 118 valence electrons. The SMILES string of the molecule is CNC1C(CN2CCCC(C(F)(F)F)C2)CCC1(C)C. The maximum atomic E-state index is 12.9. The van der Waals surface area contributed by atoms with E-state index < -0.39 is 12.1 Å². The van der Waals surface area contributed by atoms with Gasteiger partial charge in [-0.15, -0.1) is 0 Å². The van der Waals surface area contributed by atoms with Gasteiger partial charge in [0.1, 0.15) is 0 Å². The molecule has 1 saturated carbocycles. The van der Waals surface area contributed by atoms with Crippen LogP contribution in [0.3, 0.4) is 0 Å². The Morgan fingerprint density at radius 2 is 1.95 bits per heavy atom. The fraction of sp³-hybridized carbons (Fsp3) is 1.00. The summed E-state index contributed by atoms with van der Waals surface area (Å²) in [5.74, 6) is -0.652. The minimum atomic E-state index is -4.03. The van der Waals surface area contributed by atoms with Gasteiger partial charge in [0.25, 0.3) is 0 Å². The summed E-state index contributed by atoms with van der Waals surface area (Å²) in [5.41, 5.74) is 0.249. The first-order valence-electron chi connectivity index (χ1n) is 7.70. The van der Waals surface area contributed by atoms with Crippen molar-refractivity contribution >= 4 is 0 Å². The van der Waals surface area contributed by atoms with Crippen molar-refractivity contribution in [1.29, 1.82) is 0 Å². The molecule has 1 aliphatic carbocycles. The van der Waals surface area contributed by atoms with Gasteiger partial charge in [-0.3, -0.25) is 0 Å². The first-order chi connectivity index (χ1) is 9.24. The number of hydrogen-bond acceptors (Lipinski definition) is 2. The number of nitrogens with one attached hydrogen (secondary N) is 1. The first-order valence-corrected chi connectivity index (χ1v) is 7.70. The van der Waals surface area contributed by atoms with E-state index in [2.05, 4.69) is 19.2 Å². The van der Waals surface area contributed by atoms with Crippen molar-refractivity contribution in [2.24, 2.45) is 17.3 Å². The van der Waals surface area contributed by atoms with Crippen molar-refractivity contribution < 1.29 is 13.2 Å². The van der Waals surface area contributed by atoms with Gasteiger partial charge in [-0.05, 0) is 50.6 Å². The molecule has 1 heterocycles. The van der Waals surface area contributed by atoms with Crippen LogP contribution in [0.1, 0.15) is 39.5 Å². The lowest BCUT2D eigenvalue weighted by atomic mass is 9.84. The van der Waals surface area contributed by atoms with Crippen LogP contribution >= 0.6 is 0 Å². The van der Waals surface area contributed by atoms with Gasteiger partial charge in [-0.1, -0.05) is 13.8 Å². The lowest BCUT2D eigenvalue weighted by Crippen LogP contribution is -2.48. The van der Waals surface area contributed by atoms with Crippen LogP contribution in [0.5, 0.6) is 0 Å². The number of piperidine rings is 1. The van der Waals surface area contributed by atoms with Crippen LogP contribution < -0.4 is 5.32 Å². The lowest BCUT2D eigenvalue weighted by molar-refractivity contribution is -0.187. The average Bonchev–Trinajstić information content (AvgIpc) is 2.63. The summed E-state index contributed by atoms with van der Waals surface area (Å²) in [5, 5.41) is 3.39. The van der Waals surface area contributed by atoms with Gasteiger partial charge in [0.05, 0.1) is 5.92 Å². The molecule has 2 rings (SSSR count). The zero-order valence-corrected chi connectivity index (χ0v) is 12.8. The third-order valence-electron chi connectivity index (χ3n) is 5.24. The maximum Gasteiger partial charge on any atom is 0.393 e. The molecule has 20 heavy (non-hydrogen) atoms.